The van der Waals surface area contributed by atoms with Crippen LogP contribution in [-0.4, -0.2) is 38.4 Å². The summed E-state index contributed by atoms with van der Waals surface area (Å²) < 4.78 is 8.69. The van der Waals surface area contributed by atoms with Crippen molar-refractivity contribution in [1.82, 2.24) is 24.9 Å². The van der Waals surface area contributed by atoms with Crippen molar-refractivity contribution >= 4 is 17.5 Å². The molecule has 0 fully saturated rings. The summed E-state index contributed by atoms with van der Waals surface area (Å²) in [5.41, 5.74) is 1.89. The second kappa shape index (κ2) is 8.59. The maximum atomic E-state index is 12.5. The lowest BCUT2D eigenvalue weighted by Crippen LogP contribution is -2.21. The van der Waals surface area contributed by atoms with Crippen molar-refractivity contribution in [1.29, 1.82) is 0 Å². The van der Waals surface area contributed by atoms with E-state index in [4.69, 9.17) is 4.74 Å². The molecule has 29 heavy (non-hydrogen) atoms. The van der Waals surface area contributed by atoms with Crippen molar-refractivity contribution in [2.45, 2.75) is 26.5 Å². The van der Waals surface area contributed by atoms with E-state index in [0.717, 1.165) is 5.75 Å². The molecule has 0 aliphatic rings. The number of aromatic nitrogens is 4. The summed E-state index contributed by atoms with van der Waals surface area (Å²) in [6.07, 6.45) is 3.21. The van der Waals surface area contributed by atoms with Crippen LogP contribution in [0.15, 0.2) is 42.7 Å². The smallest absolute Gasteiger partial charge is 0.276 e. The van der Waals surface area contributed by atoms with Crippen molar-refractivity contribution in [2.24, 2.45) is 7.05 Å². The zero-order chi connectivity index (χ0) is 21.0. The molecule has 1 aromatic carbocycles. The van der Waals surface area contributed by atoms with Crippen LogP contribution in [0.1, 0.15) is 46.3 Å². The number of carbonyl (C=O) groups excluding carboxylic acids is 2. The van der Waals surface area contributed by atoms with Gasteiger partial charge in [0.15, 0.2) is 18.1 Å². The number of hydrogen-bond acceptors (Lipinski definition) is 5. The van der Waals surface area contributed by atoms with Gasteiger partial charge in [-0.2, -0.15) is 10.2 Å². The Hall–Kier alpha value is -3.62. The first-order valence-corrected chi connectivity index (χ1v) is 9.20. The Labute approximate surface area is 168 Å². The third-order valence-corrected chi connectivity index (χ3v) is 4.30. The molecule has 2 heterocycles. The number of nitrogens with one attached hydrogen (secondary N) is 2. The van der Waals surface area contributed by atoms with E-state index in [2.05, 4.69) is 34.7 Å². The molecule has 152 valence electrons. The zero-order valence-electron chi connectivity index (χ0n) is 16.8. The standard InChI is InChI=1S/C20H24N6O3/c1-13(2)14-5-7-15(8-6-14)29-12-26-10-9-16(23-26)19(27)22-17-11-25(4)24-18(17)20(28)21-3/h5-11,13H,12H2,1-4H3,(H,21,28)(H,22,27). The van der Waals surface area contributed by atoms with Crippen LogP contribution in [-0.2, 0) is 13.8 Å². The summed E-state index contributed by atoms with van der Waals surface area (Å²) in [4.78, 5) is 24.4. The van der Waals surface area contributed by atoms with Gasteiger partial charge in [-0.3, -0.25) is 14.3 Å². The second-order valence-corrected chi connectivity index (χ2v) is 6.84. The minimum absolute atomic E-state index is 0.135. The van der Waals surface area contributed by atoms with Gasteiger partial charge < -0.3 is 15.4 Å². The Bertz CT molecular complexity index is 1000. The Balaban J connectivity index is 1.62. The molecule has 0 aliphatic heterocycles. The molecule has 0 spiro atoms. The highest BCUT2D eigenvalue weighted by atomic mass is 16.5. The largest absolute Gasteiger partial charge is 0.471 e. The fourth-order valence-corrected chi connectivity index (χ4v) is 2.70. The minimum Gasteiger partial charge on any atom is -0.471 e. The number of carbonyl (C=O) groups is 2. The van der Waals surface area contributed by atoms with Crippen molar-refractivity contribution in [3.8, 4) is 5.75 Å². The minimum atomic E-state index is -0.441. The molecule has 2 aromatic heterocycles. The molecule has 9 heteroatoms. The summed E-state index contributed by atoms with van der Waals surface area (Å²) in [5, 5.41) is 13.4. The molecule has 9 nitrogen and oxygen atoms in total. The second-order valence-electron chi connectivity index (χ2n) is 6.84. The number of ether oxygens (including phenoxy) is 1. The monoisotopic (exact) mass is 396 g/mol. The molecule has 0 saturated heterocycles. The van der Waals surface area contributed by atoms with Gasteiger partial charge in [0.05, 0.1) is 5.69 Å². The summed E-state index contributed by atoms with van der Waals surface area (Å²) in [7, 11) is 3.17. The van der Waals surface area contributed by atoms with Gasteiger partial charge in [0.1, 0.15) is 5.75 Å². The average molecular weight is 396 g/mol. The van der Waals surface area contributed by atoms with Crippen molar-refractivity contribution in [3.05, 3.63) is 59.7 Å². The van der Waals surface area contributed by atoms with Crippen LogP contribution < -0.4 is 15.4 Å². The molecule has 0 bridgehead atoms. The molecule has 0 saturated carbocycles. The summed E-state index contributed by atoms with van der Waals surface area (Å²) in [6, 6.07) is 9.46. The highest BCUT2D eigenvalue weighted by molar-refractivity contribution is 6.07. The number of anilines is 1. The van der Waals surface area contributed by atoms with E-state index in [-0.39, 0.29) is 24.0 Å². The van der Waals surface area contributed by atoms with E-state index in [1.54, 1.807) is 25.5 Å². The maximum Gasteiger partial charge on any atom is 0.276 e. The van der Waals surface area contributed by atoms with Crippen LogP contribution in [0.25, 0.3) is 0 Å². The van der Waals surface area contributed by atoms with E-state index in [1.807, 2.05) is 24.3 Å². The lowest BCUT2D eigenvalue weighted by Gasteiger charge is -2.09. The lowest BCUT2D eigenvalue weighted by atomic mass is 10.0. The first-order chi connectivity index (χ1) is 13.9. The van der Waals surface area contributed by atoms with Crippen LogP contribution in [0, 0.1) is 0 Å². The highest BCUT2D eigenvalue weighted by Gasteiger charge is 2.18. The third-order valence-electron chi connectivity index (χ3n) is 4.30. The number of rotatable bonds is 7. The summed E-state index contributed by atoms with van der Waals surface area (Å²) in [6.45, 7) is 4.44. The number of hydrogen-bond donors (Lipinski definition) is 2. The number of nitrogens with zero attached hydrogens (tertiary/aromatic N) is 4. The highest BCUT2D eigenvalue weighted by Crippen LogP contribution is 2.19. The quantitative estimate of drug-likeness (QED) is 0.638. The SMILES string of the molecule is CNC(=O)c1nn(C)cc1NC(=O)c1ccn(COc2ccc(C(C)C)cc2)n1. The number of benzene rings is 1. The molecule has 0 radical (unpaired) electrons. The third kappa shape index (κ3) is 4.81. The van der Waals surface area contributed by atoms with Gasteiger partial charge in [-0.1, -0.05) is 26.0 Å². The molecule has 3 aromatic rings. The Morgan fingerprint density at radius 1 is 1.10 bits per heavy atom. The number of aryl methyl sites for hydroxylation is 1. The fourth-order valence-electron chi connectivity index (χ4n) is 2.70. The number of amides is 2. The van der Waals surface area contributed by atoms with E-state index < -0.39 is 5.91 Å². The van der Waals surface area contributed by atoms with Crippen LogP contribution in [0.3, 0.4) is 0 Å². The first kappa shape index (κ1) is 20.1. The van der Waals surface area contributed by atoms with Crippen molar-refractivity contribution in [3.63, 3.8) is 0 Å². The Kier molecular flexibility index (Phi) is 5.96. The van der Waals surface area contributed by atoms with E-state index in [9.17, 15) is 9.59 Å². The van der Waals surface area contributed by atoms with Crippen LogP contribution in [0.4, 0.5) is 5.69 Å². The first-order valence-electron chi connectivity index (χ1n) is 9.20. The molecule has 3 rings (SSSR count). The predicted octanol–water partition coefficient (Wildman–Crippen LogP) is 2.39. The molecular formula is C20H24N6O3. The summed E-state index contributed by atoms with van der Waals surface area (Å²) in [5.74, 6) is 0.355. The topological polar surface area (TPSA) is 103 Å². The molecule has 0 atom stereocenters. The van der Waals surface area contributed by atoms with Gasteiger partial charge >= 0.3 is 0 Å². The lowest BCUT2D eigenvalue weighted by molar-refractivity contribution is 0.0958. The van der Waals surface area contributed by atoms with Gasteiger partial charge in [-0.15, -0.1) is 0 Å². The van der Waals surface area contributed by atoms with Gasteiger partial charge in [0, 0.05) is 26.5 Å². The van der Waals surface area contributed by atoms with Gasteiger partial charge in [-0.25, -0.2) is 4.68 Å². The molecular weight excluding hydrogens is 372 g/mol. The van der Waals surface area contributed by atoms with Crippen LogP contribution in [0.5, 0.6) is 5.75 Å². The normalized spacial score (nSPS) is 10.8. The zero-order valence-corrected chi connectivity index (χ0v) is 16.8. The van der Waals surface area contributed by atoms with E-state index in [0.29, 0.717) is 11.6 Å². The van der Waals surface area contributed by atoms with E-state index in [1.165, 1.54) is 22.0 Å². The van der Waals surface area contributed by atoms with Crippen LogP contribution in [0.2, 0.25) is 0 Å². The molecule has 2 amide bonds. The maximum absolute atomic E-state index is 12.5. The van der Waals surface area contributed by atoms with Crippen molar-refractivity contribution in [2.75, 3.05) is 12.4 Å². The Morgan fingerprint density at radius 2 is 1.83 bits per heavy atom. The molecule has 0 unspecified atom stereocenters. The predicted molar refractivity (Wildman–Crippen MR) is 108 cm³/mol. The fraction of sp³-hybridized carbons (Fsp3) is 0.300. The van der Waals surface area contributed by atoms with Gasteiger partial charge in [-0.05, 0) is 29.7 Å². The average Bonchev–Trinajstić information content (AvgIpc) is 3.32. The molecule has 0 aliphatic carbocycles. The van der Waals surface area contributed by atoms with E-state index >= 15 is 0 Å². The van der Waals surface area contributed by atoms with Crippen molar-refractivity contribution < 1.29 is 14.3 Å². The summed E-state index contributed by atoms with van der Waals surface area (Å²) >= 11 is 0. The van der Waals surface area contributed by atoms with Gasteiger partial charge in [0.25, 0.3) is 11.8 Å². The van der Waals surface area contributed by atoms with Gasteiger partial charge in [0.2, 0.25) is 0 Å². The Morgan fingerprint density at radius 3 is 2.48 bits per heavy atom. The molecule has 2 N–H and O–H groups in total. The van der Waals surface area contributed by atoms with Crippen LogP contribution >= 0.6 is 0 Å².